The standard InChI is InChI=1S/C23H29N3O2/c1-16-14-26(15-17(2)28-16)21-5-6-22(19-7-9-24-10-8-19)20(12-21)13-25-23(27)11-18-3-4-18/h5-10,12,16-18H,3-4,11,13-15H2,1-2H3,(H,25,27). The third kappa shape index (κ3) is 4.71. The minimum atomic E-state index is 0.155. The highest BCUT2D eigenvalue weighted by Gasteiger charge is 2.25. The van der Waals surface area contributed by atoms with Gasteiger partial charge in [-0.2, -0.15) is 0 Å². The Morgan fingerprint density at radius 3 is 2.54 bits per heavy atom. The molecule has 1 aromatic carbocycles. The fourth-order valence-corrected chi connectivity index (χ4v) is 3.98. The van der Waals surface area contributed by atoms with Crippen LogP contribution in [0.1, 0.15) is 38.7 Å². The van der Waals surface area contributed by atoms with Crippen molar-refractivity contribution in [1.29, 1.82) is 0 Å². The third-order valence-corrected chi connectivity index (χ3v) is 5.51. The molecule has 1 amide bonds. The van der Waals surface area contributed by atoms with Gasteiger partial charge in [0.05, 0.1) is 12.2 Å². The van der Waals surface area contributed by atoms with Crippen LogP contribution < -0.4 is 10.2 Å². The zero-order chi connectivity index (χ0) is 19.5. The van der Waals surface area contributed by atoms with Gasteiger partial charge in [0.15, 0.2) is 0 Å². The minimum Gasteiger partial charge on any atom is -0.372 e. The molecule has 0 bridgehead atoms. The lowest BCUT2D eigenvalue weighted by molar-refractivity contribution is -0.121. The summed E-state index contributed by atoms with van der Waals surface area (Å²) in [6.07, 6.45) is 7.09. The van der Waals surface area contributed by atoms with Crippen LogP contribution >= 0.6 is 0 Å². The van der Waals surface area contributed by atoms with Crippen molar-refractivity contribution in [3.8, 4) is 11.1 Å². The van der Waals surface area contributed by atoms with E-state index in [1.54, 1.807) is 0 Å². The van der Waals surface area contributed by atoms with Gasteiger partial charge in [-0.3, -0.25) is 9.78 Å². The molecule has 2 atom stereocenters. The molecule has 1 aliphatic carbocycles. The summed E-state index contributed by atoms with van der Waals surface area (Å²) in [5.74, 6) is 0.754. The number of nitrogens with zero attached hydrogens (tertiary/aromatic N) is 2. The van der Waals surface area contributed by atoms with Crippen LogP contribution in [0.2, 0.25) is 0 Å². The summed E-state index contributed by atoms with van der Waals surface area (Å²) in [6.45, 7) is 6.55. The fraction of sp³-hybridized carbons (Fsp3) is 0.478. The molecule has 2 unspecified atom stereocenters. The summed E-state index contributed by atoms with van der Waals surface area (Å²) in [6, 6.07) is 10.6. The highest BCUT2D eigenvalue weighted by Crippen LogP contribution is 2.32. The number of ether oxygens (including phenoxy) is 1. The average Bonchev–Trinajstić information content (AvgIpc) is 3.50. The Hall–Kier alpha value is -2.40. The van der Waals surface area contributed by atoms with Crippen molar-refractivity contribution < 1.29 is 9.53 Å². The van der Waals surface area contributed by atoms with Gasteiger partial charge in [0.25, 0.3) is 0 Å². The number of anilines is 1. The molecule has 5 nitrogen and oxygen atoms in total. The number of amides is 1. The highest BCUT2D eigenvalue weighted by atomic mass is 16.5. The van der Waals surface area contributed by atoms with Crippen molar-refractivity contribution in [2.75, 3.05) is 18.0 Å². The number of carbonyl (C=O) groups excluding carboxylic acids is 1. The SMILES string of the molecule is CC1CN(c2ccc(-c3ccncc3)c(CNC(=O)CC3CC3)c2)CC(C)O1. The second kappa shape index (κ2) is 8.31. The quantitative estimate of drug-likeness (QED) is 0.830. The summed E-state index contributed by atoms with van der Waals surface area (Å²) in [4.78, 5) is 18.7. The summed E-state index contributed by atoms with van der Waals surface area (Å²) in [5, 5.41) is 3.13. The van der Waals surface area contributed by atoms with Crippen LogP contribution in [-0.4, -0.2) is 36.2 Å². The van der Waals surface area contributed by atoms with E-state index in [-0.39, 0.29) is 18.1 Å². The molecule has 2 fully saturated rings. The van der Waals surface area contributed by atoms with Gasteiger partial charge in [0.1, 0.15) is 0 Å². The van der Waals surface area contributed by atoms with Gasteiger partial charge in [-0.15, -0.1) is 0 Å². The minimum absolute atomic E-state index is 0.155. The zero-order valence-corrected chi connectivity index (χ0v) is 16.7. The molecular formula is C23H29N3O2. The first-order valence-corrected chi connectivity index (χ1v) is 10.3. The number of pyridine rings is 1. The molecule has 28 heavy (non-hydrogen) atoms. The van der Waals surface area contributed by atoms with Crippen LogP contribution in [0.25, 0.3) is 11.1 Å². The summed E-state index contributed by atoms with van der Waals surface area (Å²) in [5.41, 5.74) is 4.59. The Balaban J connectivity index is 1.58. The zero-order valence-electron chi connectivity index (χ0n) is 16.7. The van der Waals surface area contributed by atoms with E-state index in [1.165, 1.54) is 18.5 Å². The number of hydrogen-bond acceptors (Lipinski definition) is 4. The van der Waals surface area contributed by atoms with E-state index in [1.807, 2.05) is 24.5 Å². The fourth-order valence-electron chi connectivity index (χ4n) is 3.98. The number of rotatable bonds is 6. The van der Waals surface area contributed by atoms with Gasteiger partial charge in [0.2, 0.25) is 5.91 Å². The number of hydrogen-bond donors (Lipinski definition) is 1. The van der Waals surface area contributed by atoms with Crippen molar-refractivity contribution in [3.63, 3.8) is 0 Å². The molecule has 1 saturated heterocycles. The Morgan fingerprint density at radius 2 is 1.86 bits per heavy atom. The molecule has 0 radical (unpaired) electrons. The molecule has 1 aliphatic heterocycles. The molecule has 0 spiro atoms. The topological polar surface area (TPSA) is 54.5 Å². The van der Waals surface area contributed by atoms with E-state index in [4.69, 9.17) is 4.74 Å². The van der Waals surface area contributed by atoms with Gasteiger partial charge >= 0.3 is 0 Å². The molecule has 1 saturated carbocycles. The molecule has 2 aromatic rings. The van der Waals surface area contributed by atoms with E-state index in [9.17, 15) is 4.79 Å². The number of carbonyl (C=O) groups is 1. The Morgan fingerprint density at radius 1 is 1.14 bits per heavy atom. The van der Waals surface area contributed by atoms with Crippen LogP contribution in [0.5, 0.6) is 0 Å². The van der Waals surface area contributed by atoms with E-state index in [0.717, 1.165) is 29.8 Å². The van der Waals surface area contributed by atoms with Crippen molar-refractivity contribution in [3.05, 3.63) is 48.3 Å². The van der Waals surface area contributed by atoms with Gasteiger partial charge in [-0.05, 0) is 73.6 Å². The Labute approximate surface area is 167 Å². The maximum Gasteiger partial charge on any atom is 0.220 e. The summed E-state index contributed by atoms with van der Waals surface area (Å²) in [7, 11) is 0. The number of nitrogens with one attached hydrogen (secondary N) is 1. The number of aromatic nitrogens is 1. The Bertz CT molecular complexity index is 810. The van der Waals surface area contributed by atoms with Crippen LogP contribution in [-0.2, 0) is 16.1 Å². The lowest BCUT2D eigenvalue weighted by atomic mass is 9.99. The summed E-state index contributed by atoms with van der Waals surface area (Å²) < 4.78 is 5.88. The van der Waals surface area contributed by atoms with Crippen molar-refractivity contribution in [1.82, 2.24) is 10.3 Å². The highest BCUT2D eigenvalue weighted by molar-refractivity contribution is 5.77. The number of morpholine rings is 1. The third-order valence-electron chi connectivity index (χ3n) is 5.51. The second-order valence-corrected chi connectivity index (χ2v) is 8.16. The molecule has 5 heteroatoms. The monoisotopic (exact) mass is 379 g/mol. The first-order valence-electron chi connectivity index (χ1n) is 10.3. The molecule has 148 valence electrons. The van der Waals surface area contributed by atoms with Gasteiger partial charge < -0.3 is 15.0 Å². The Kier molecular flexibility index (Phi) is 5.62. The van der Waals surface area contributed by atoms with Gasteiger partial charge in [-0.1, -0.05) is 6.07 Å². The second-order valence-electron chi connectivity index (χ2n) is 8.16. The molecule has 4 rings (SSSR count). The van der Waals surface area contributed by atoms with E-state index >= 15 is 0 Å². The molecule has 1 N–H and O–H groups in total. The molecule has 2 aliphatic rings. The van der Waals surface area contributed by atoms with E-state index in [0.29, 0.717) is 18.9 Å². The largest absolute Gasteiger partial charge is 0.372 e. The first kappa shape index (κ1) is 18.9. The normalized spacial score (nSPS) is 22.1. The predicted octanol–water partition coefficient (Wildman–Crippen LogP) is 3.78. The van der Waals surface area contributed by atoms with Crippen LogP contribution in [0, 0.1) is 5.92 Å². The van der Waals surface area contributed by atoms with Crippen LogP contribution in [0.4, 0.5) is 5.69 Å². The van der Waals surface area contributed by atoms with Crippen LogP contribution in [0.15, 0.2) is 42.7 Å². The van der Waals surface area contributed by atoms with E-state index in [2.05, 4.69) is 47.2 Å². The molecular weight excluding hydrogens is 350 g/mol. The van der Waals surface area contributed by atoms with Crippen molar-refractivity contribution in [2.24, 2.45) is 5.92 Å². The smallest absolute Gasteiger partial charge is 0.220 e. The van der Waals surface area contributed by atoms with Crippen LogP contribution in [0.3, 0.4) is 0 Å². The molecule has 1 aromatic heterocycles. The molecule has 2 heterocycles. The van der Waals surface area contributed by atoms with Gasteiger partial charge in [0, 0.05) is 44.1 Å². The maximum absolute atomic E-state index is 12.2. The van der Waals surface area contributed by atoms with Crippen molar-refractivity contribution >= 4 is 11.6 Å². The van der Waals surface area contributed by atoms with Gasteiger partial charge in [-0.25, -0.2) is 0 Å². The number of benzene rings is 1. The van der Waals surface area contributed by atoms with E-state index < -0.39 is 0 Å². The maximum atomic E-state index is 12.2. The average molecular weight is 380 g/mol. The predicted molar refractivity (Wildman–Crippen MR) is 111 cm³/mol. The first-order chi connectivity index (χ1) is 13.6. The lowest BCUT2D eigenvalue weighted by Crippen LogP contribution is -2.45. The lowest BCUT2D eigenvalue weighted by Gasteiger charge is -2.37. The summed E-state index contributed by atoms with van der Waals surface area (Å²) >= 11 is 0. The van der Waals surface area contributed by atoms with Crippen molar-refractivity contribution in [2.45, 2.75) is 51.9 Å².